The summed E-state index contributed by atoms with van der Waals surface area (Å²) in [6.07, 6.45) is 1.92. The minimum absolute atomic E-state index is 0.110. The number of hydrogen-bond donors (Lipinski definition) is 1. The third kappa shape index (κ3) is 5.82. The maximum atomic E-state index is 13.8. The molecule has 1 saturated heterocycles. The zero-order chi connectivity index (χ0) is 23.3. The SMILES string of the molecule is Cc1ccc(N(CC(C)C)S(=O)(=O)c2ccc(OCC3CCOCC3)cc2CO)c(C)c1. The summed E-state index contributed by atoms with van der Waals surface area (Å²) in [6, 6.07) is 10.6. The lowest BCUT2D eigenvalue weighted by Crippen LogP contribution is -2.35. The van der Waals surface area contributed by atoms with Crippen LogP contribution in [0.1, 0.15) is 43.4 Å². The first kappa shape index (κ1) is 24.6. The molecule has 176 valence electrons. The van der Waals surface area contributed by atoms with Crippen molar-refractivity contribution in [3.8, 4) is 5.75 Å². The molecule has 0 aliphatic carbocycles. The zero-order valence-electron chi connectivity index (χ0n) is 19.5. The molecule has 2 aromatic carbocycles. The van der Waals surface area contributed by atoms with Crippen molar-refractivity contribution in [1.82, 2.24) is 0 Å². The van der Waals surface area contributed by atoms with Crippen LogP contribution in [0.4, 0.5) is 5.69 Å². The van der Waals surface area contributed by atoms with E-state index >= 15 is 0 Å². The van der Waals surface area contributed by atoms with Gasteiger partial charge in [0.05, 0.1) is 23.8 Å². The fraction of sp³-hybridized carbons (Fsp3) is 0.520. The molecule has 0 unspecified atom stereocenters. The summed E-state index contributed by atoms with van der Waals surface area (Å²) in [7, 11) is -3.88. The maximum Gasteiger partial charge on any atom is 0.264 e. The van der Waals surface area contributed by atoms with Crippen LogP contribution in [0.25, 0.3) is 0 Å². The second kappa shape index (κ2) is 10.7. The van der Waals surface area contributed by atoms with E-state index in [1.807, 2.05) is 45.9 Å². The number of aliphatic hydroxyl groups is 1. The number of nitrogens with zero attached hydrogens (tertiary/aromatic N) is 1. The van der Waals surface area contributed by atoms with Crippen molar-refractivity contribution < 1.29 is 23.0 Å². The van der Waals surface area contributed by atoms with Gasteiger partial charge in [0.1, 0.15) is 5.75 Å². The van der Waals surface area contributed by atoms with E-state index in [9.17, 15) is 13.5 Å². The van der Waals surface area contributed by atoms with Gasteiger partial charge in [-0.05, 0) is 68.4 Å². The van der Waals surface area contributed by atoms with Gasteiger partial charge in [0.15, 0.2) is 0 Å². The predicted octanol–water partition coefficient (Wildman–Crippen LogP) is 4.45. The number of benzene rings is 2. The van der Waals surface area contributed by atoms with Crippen LogP contribution >= 0.6 is 0 Å². The van der Waals surface area contributed by atoms with Crippen molar-refractivity contribution in [2.24, 2.45) is 11.8 Å². The quantitative estimate of drug-likeness (QED) is 0.597. The van der Waals surface area contributed by atoms with Crippen LogP contribution in [0.5, 0.6) is 5.75 Å². The standard InChI is InChI=1S/C25H35NO5S/c1-18(2)15-26(24-7-5-19(3)13-20(24)4)32(28,29)25-8-6-23(14-22(25)16-27)31-17-21-9-11-30-12-10-21/h5-8,13-14,18,21,27H,9-12,15-17H2,1-4H3. The molecule has 1 fully saturated rings. The van der Waals surface area contributed by atoms with E-state index in [1.165, 1.54) is 4.31 Å². The zero-order valence-corrected chi connectivity index (χ0v) is 20.3. The molecule has 1 aliphatic heterocycles. The van der Waals surface area contributed by atoms with Crippen LogP contribution in [-0.2, 0) is 21.4 Å². The van der Waals surface area contributed by atoms with Crippen LogP contribution in [0.15, 0.2) is 41.3 Å². The Labute approximate surface area is 192 Å². The highest BCUT2D eigenvalue weighted by Crippen LogP contribution is 2.32. The van der Waals surface area contributed by atoms with Crippen LogP contribution in [0.2, 0.25) is 0 Å². The molecule has 32 heavy (non-hydrogen) atoms. The van der Waals surface area contributed by atoms with Crippen LogP contribution in [0.3, 0.4) is 0 Å². The van der Waals surface area contributed by atoms with E-state index in [-0.39, 0.29) is 17.4 Å². The molecule has 0 saturated carbocycles. The van der Waals surface area contributed by atoms with Gasteiger partial charge in [-0.2, -0.15) is 0 Å². The first-order valence-electron chi connectivity index (χ1n) is 11.3. The summed E-state index contributed by atoms with van der Waals surface area (Å²) in [6.45, 7) is 9.91. The number of sulfonamides is 1. The van der Waals surface area contributed by atoms with Gasteiger partial charge in [-0.15, -0.1) is 0 Å². The van der Waals surface area contributed by atoms with E-state index in [1.54, 1.807) is 18.2 Å². The molecule has 1 heterocycles. The fourth-order valence-corrected chi connectivity index (χ4v) is 5.90. The van der Waals surface area contributed by atoms with E-state index in [4.69, 9.17) is 9.47 Å². The van der Waals surface area contributed by atoms with Gasteiger partial charge < -0.3 is 14.6 Å². The molecule has 0 amide bonds. The Morgan fingerprint density at radius 3 is 2.47 bits per heavy atom. The van der Waals surface area contributed by atoms with Gasteiger partial charge in [0.25, 0.3) is 10.0 Å². The average Bonchev–Trinajstić information content (AvgIpc) is 2.76. The van der Waals surface area contributed by atoms with Gasteiger partial charge in [0.2, 0.25) is 0 Å². The molecule has 2 aromatic rings. The summed E-state index contributed by atoms with van der Waals surface area (Å²) in [4.78, 5) is 0.110. The van der Waals surface area contributed by atoms with Crippen molar-refractivity contribution in [1.29, 1.82) is 0 Å². The van der Waals surface area contributed by atoms with Gasteiger partial charge in [-0.1, -0.05) is 31.5 Å². The van der Waals surface area contributed by atoms with Crippen molar-refractivity contribution in [2.75, 3.05) is 30.7 Å². The molecule has 3 rings (SSSR count). The smallest absolute Gasteiger partial charge is 0.264 e. The first-order valence-corrected chi connectivity index (χ1v) is 12.7. The van der Waals surface area contributed by atoms with Gasteiger partial charge >= 0.3 is 0 Å². The highest BCUT2D eigenvalue weighted by atomic mass is 32.2. The third-order valence-electron chi connectivity index (χ3n) is 5.75. The number of rotatable bonds is 9. The van der Waals surface area contributed by atoms with E-state index in [0.29, 0.717) is 36.1 Å². The Balaban J connectivity index is 1.91. The van der Waals surface area contributed by atoms with E-state index in [0.717, 1.165) is 37.2 Å². The van der Waals surface area contributed by atoms with Crippen molar-refractivity contribution in [3.05, 3.63) is 53.1 Å². The third-order valence-corrected chi connectivity index (χ3v) is 7.63. The van der Waals surface area contributed by atoms with Crippen LogP contribution in [0, 0.1) is 25.7 Å². The summed E-state index contributed by atoms with van der Waals surface area (Å²) >= 11 is 0. The minimum atomic E-state index is -3.88. The van der Waals surface area contributed by atoms with Crippen molar-refractivity contribution in [3.63, 3.8) is 0 Å². The second-order valence-electron chi connectivity index (χ2n) is 9.01. The highest BCUT2D eigenvalue weighted by Gasteiger charge is 2.29. The summed E-state index contributed by atoms with van der Waals surface area (Å²) in [5.41, 5.74) is 2.98. The number of ether oxygens (including phenoxy) is 2. The molecular formula is C25H35NO5S. The topological polar surface area (TPSA) is 76.1 Å². The molecule has 0 spiro atoms. The van der Waals surface area contributed by atoms with Crippen molar-refractivity contribution in [2.45, 2.75) is 52.0 Å². The Morgan fingerprint density at radius 1 is 1.12 bits per heavy atom. The average molecular weight is 462 g/mol. The Hall–Kier alpha value is -2.09. The Morgan fingerprint density at radius 2 is 1.84 bits per heavy atom. The Bertz CT molecular complexity index is 1010. The molecule has 1 aliphatic rings. The minimum Gasteiger partial charge on any atom is -0.493 e. The monoisotopic (exact) mass is 461 g/mol. The molecule has 0 radical (unpaired) electrons. The van der Waals surface area contributed by atoms with Gasteiger partial charge in [-0.25, -0.2) is 8.42 Å². The largest absolute Gasteiger partial charge is 0.493 e. The molecule has 0 aromatic heterocycles. The molecular weight excluding hydrogens is 426 g/mol. The molecule has 0 atom stereocenters. The summed E-state index contributed by atoms with van der Waals surface area (Å²) < 4.78 is 40.3. The Kier molecular flexibility index (Phi) is 8.20. The van der Waals surface area contributed by atoms with Crippen molar-refractivity contribution >= 4 is 15.7 Å². The number of aryl methyl sites for hydroxylation is 2. The number of aliphatic hydroxyl groups excluding tert-OH is 1. The first-order chi connectivity index (χ1) is 15.2. The van der Waals surface area contributed by atoms with E-state index in [2.05, 4.69) is 0 Å². The highest BCUT2D eigenvalue weighted by molar-refractivity contribution is 7.92. The summed E-state index contributed by atoms with van der Waals surface area (Å²) in [5.74, 6) is 1.13. The summed E-state index contributed by atoms with van der Waals surface area (Å²) in [5, 5.41) is 9.99. The lowest BCUT2D eigenvalue weighted by Gasteiger charge is -2.29. The van der Waals surface area contributed by atoms with Crippen LogP contribution in [-0.4, -0.2) is 39.9 Å². The predicted molar refractivity (Wildman–Crippen MR) is 127 cm³/mol. The molecule has 7 heteroatoms. The molecule has 6 nitrogen and oxygen atoms in total. The van der Waals surface area contributed by atoms with E-state index < -0.39 is 10.0 Å². The number of anilines is 1. The maximum absolute atomic E-state index is 13.8. The second-order valence-corrected chi connectivity index (χ2v) is 10.8. The fourth-order valence-electron chi connectivity index (χ4n) is 4.01. The lowest BCUT2D eigenvalue weighted by atomic mass is 10.0. The van der Waals surface area contributed by atoms with Crippen LogP contribution < -0.4 is 9.04 Å². The number of hydrogen-bond acceptors (Lipinski definition) is 5. The lowest BCUT2D eigenvalue weighted by molar-refractivity contribution is 0.0497. The van der Waals surface area contributed by atoms with Gasteiger partial charge in [0, 0.05) is 25.3 Å². The molecule has 1 N–H and O–H groups in total. The molecule has 0 bridgehead atoms. The van der Waals surface area contributed by atoms with Gasteiger partial charge in [-0.3, -0.25) is 4.31 Å². The normalized spacial score (nSPS) is 15.2.